The van der Waals surface area contributed by atoms with E-state index in [1.165, 1.54) is 34.1 Å². The molecule has 0 saturated carbocycles. The first-order valence-electron chi connectivity index (χ1n) is 8.03. The Balaban J connectivity index is 2.03. The predicted molar refractivity (Wildman–Crippen MR) is 87.2 cm³/mol. The lowest BCUT2D eigenvalue weighted by atomic mass is 10.2. The lowest BCUT2D eigenvalue weighted by Gasteiger charge is -2.23. The number of carbonyl (C=O) groups excluding carboxylic acids is 1. The first-order valence-corrected chi connectivity index (χ1v) is 9.69. The number of hydrogen-bond acceptors (Lipinski definition) is 4. The second kappa shape index (κ2) is 7.74. The van der Waals surface area contributed by atoms with Crippen LogP contribution in [0.25, 0.3) is 0 Å². The first-order chi connectivity index (χ1) is 11.6. The van der Waals surface area contributed by atoms with E-state index >= 15 is 0 Å². The third kappa shape index (κ3) is 5.43. The van der Waals surface area contributed by atoms with Crippen LogP contribution < -0.4 is 0 Å². The maximum Gasteiger partial charge on any atom is 0.401 e. The summed E-state index contributed by atoms with van der Waals surface area (Å²) in [4.78, 5) is 15.5. The second-order valence-corrected chi connectivity index (χ2v) is 8.24. The number of amides is 1. The fourth-order valence-electron chi connectivity index (χ4n) is 2.74. The molecule has 0 unspecified atom stereocenters. The van der Waals surface area contributed by atoms with Crippen molar-refractivity contribution < 1.29 is 26.4 Å². The highest BCUT2D eigenvalue weighted by Crippen LogP contribution is 2.19. The van der Waals surface area contributed by atoms with Gasteiger partial charge < -0.3 is 4.90 Å². The number of alkyl halides is 3. The Kier molecular flexibility index (Phi) is 6.10. The summed E-state index contributed by atoms with van der Waals surface area (Å²) in [7, 11) is -3.33. The highest BCUT2D eigenvalue weighted by Gasteiger charge is 2.32. The summed E-state index contributed by atoms with van der Waals surface area (Å²) in [6, 6.07) is 5.67. The van der Waals surface area contributed by atoms with Crippen molar-refractivity contribution >= 4 is 15.7 Å². The minimum atomic E-state index is -4.25. The molecule has 1 fully saturated rings. The number of nitrogens with zero attached hydrogens (tertiary/aromatic N) is 2. The summed E-state index contributed by atoms with van der Waals surface area (Å²) in [5, 5.41) is 0. The molecule has 0 aromatic heterocycles. The van der Waals surface area contributed by atoms with E-state index in [4.69, 9.17) is 0 Å². The topological polar surface area (TPSA) is 57.7 Å². The predicted octanol–water partition coefficient (Wildman–Crippen LogP) is 2.19. The van der Waals surface area contributed by atoms with Crippen molar-refractivity contribution in [3.05, 3.63) is 29.8 Å². The molecule has 0 N–H and O–H groups in total. The van der Waals surface area contributed by atoms with Crippen molar-refractivity contribution in [3.63, 3.8) is 0 Å². The highest BCUT2D eigenvalue weighted by molar-refractivity contribution is 7.91. The van der Waals surface area contributed by atoms with E-state index in [0.717, 1.165) is 0 Å². The van der Waals surface area contributed by atoms with Gasteiger partial charge in [0, 0.05) is 31.7 Å². The van der Waals surface area contributed by atoms with Crippen LogP contribution in [-0.2, 0) is 9.84 Å². The van der Waals surface area contributed by atoms with Crippen molar-refractivity contribution in [2.24, 2.45) is 0 Å². The first kappa shape index (κ1) is 19.7. The molecule has 1 heterocycles. The van der Waals surface area contributed by atoms with Gasteiger partial charge >= 0.3 is 6.18 Å². The molecule has 1 aromatic carbocycles. The molecule has 2 rings (SSSR count). The van der Waals surface area contributed by atoms with Gasteiger partial charge in [-0.25, -0.2) is 8.42 Å². The minimum absolute atomic E-state index is 0.0263. The zero-order valence-corrected chi connectivity index (χ0v) is 14.7. The van der Waals surface area contributed by atoms with Crippen LogP contribution in [-0.4, -0.2) is 68.8 Å². The van der Waals surface area contributed by atoms with Gasteiger partial charge in [-0.1, -0.05) is 6.92 Å². The van der Waals surface area contributed by atoms with Gasteiger partial charge in [0.05, 0.1) is 17.2 Å². The molecule has 0 atom stereocenters. The number of carbonyl (C=O) groups is 1. The summed E-state index contributed by atoms with van der Waals surface area (Å²) in [6.07, 6.45) is -3.79. The van der Waals surface area contributed by atoms with Crippen LogP contribution in [0.3, 0.4) is 0 Å². The van der Waals surface area contributed by atoms with Gasteiger partial charge in [-0.3, -0.25) is 9.69 Å². The van der Waals surface area contributed by atoms with Crippen LogP contribution in [0.2, 0.25) is 0 Å². The molecule has 0 aliphatic carbocycles. The third-order valence-corrected chi connectivity index (χ3v) is 5.87. The molecule has 25 heavy (non-hydrogen) atoms. The van der Waals surface area contributed by atoms with E-state index in [0.29, 0.717) is 18.5 Å². The summed E-state index contributed by atoms with van der Waals surface area (Å²) >= 11 is 0. The molecular formula is C16H21F3N2O3S. The fourth-order valence-corrected chi connectivity index (χ4v) is 3.62. The van der Waals surface area contributed by atoms with Crippen molar-refractivity contribution in [1.82, 2.24) is 9.80 Å². The van der Waals surface area contributed by atoms with Gasteiger partial charge in [0.1, 0.15) is 0 Å². The van der Waals surface area contributed by atoms with Crippen LogP contribution in [0, 0.1) is 0 Å². The average molecular weight is 378 g/mol. The molecule has 0 radical (unpaired) electrons. The van der Waals surface area contributed by atoms with Gasteiger partial charge in [-0.2, -0.15) is 13.2 Å². The summed E-state index contributed by atoms with van der Waals surface area (Å²) < 4.78 is 61.0. The number of rotatable bonds is 4. The maximum atomic E-state index is 12.5. The fraction of sp³-hybridized carbons (Fsp3) is 0.562. The monoisotopic (exact) mass is 378 g/mol. The Hall–Kier alpha value is -1.61. The molecule has 1 saturated heterocycles. The third-order valence-electron chi connectivity index (χ3n) is 4.12. The largest absolute Gasteiger partial charge is 0.401 e. The van der Waals surface area contributed by atoms with Crippen LogP contribution in [0.15, 0.2) is 29.2 Å². The van der Waals surface area contributed by atoms with Gasteiger partial charge in [-0.15, -0.1) is 0 Å². The smallest absolute Gasteiger partial charge is 0.337 e. The molecule has 1 aromatic rings. The Morgan fingerprint density at radius 2 is 1.72 bits per heavy atom. The molecule has 9 heteroatoms. The number of benzene rings is 1. The van der Waals surface area contributed by atoms with Gasteiger partial charge in [0.2, 0.25) is 0 Å². The molecule has 0 spiro atoms. The minimum Gasteiger partial charge on any atom is -0.337 e. The molecule has 1 aliphatic rings. The Morgan fingerprint density at radius 1 is 1.08 bits per heavy atom. The molecule has 140 valence electrons. The quantitative estimate of drug-likeness (QED) is 0.806. The number of sulfone groups is 1. The van der Waals surface area contributed by atoms with Gasteiger partial charge in [0.25, 0.3) is 5.91 Å². The van der Waals surface area contributed by atoms with E-state index < -0.39 is 22.6 Å². The van der Waals surface area contributed by atoms with E-state index in [-0.39, 0.29) is 36.2 Å². The summed E-state index contributed by atoms with van der Waals surface area (Å²) in [6.45, 7) is 1.60. The molecule has 5 nitrogen and oxygen atoms in total. The highest BCUT2D eigenvalue weighted by atomic mass is 32.2. The second-order valence-electron chi connectivity index (χ2n) is 5.96. The van der Waals surface area contributed by atoms with Gasteiger partial charge in [0.15, 0.2) is 9.84 Å². The standard InChI is InChI=1S/C16H21F3N2O3S/c1-2-25(23,24)14-6-4-13(5-7-14)15(22)21-9-3-8-20(10-11-21)12-16(17,18)19/h4-7H,2-3,8-12H2,1H3. The van der Waals surface area contributed by atoms with Gasteiger partial charge in [-0.05, 0) is 30.7 Å². The Bertz CT molecular complexity index is 702. The average Bonchev–Trinajstić information content (AvgIpc) is 2.78. The zero-order valence-electron chi connectivity index (χ0n) is 13.9. The van der Waals surface area contributed by atoms with E-state index in [1.807, 2.05) is 0 Å². The van der Waals surface area contributed by atoms with Crippen LogP contribution in [0.1, 0.15) is 23.7 Å². The number of hydrogen-bond donors (Lipinski definition) is 0. The van der Waals surface area contributed by atoms with Crippen LogP contribution >= 0.6 is 0 Å². The maximum absolute atomic E-state index is 12.5. The Morgan fingerprint density at radius 3 is 2.28 bits per heavy atom. The van der Waals surface area contributed by atoms with Crippen molar-refractivity contribution in [2.45, 2.75) is 24.4 Å². The number of halogens is 3. The van der Waals surface area contributed by atoms with Crippen molar-refractivity contribution in [2.75, 3.05) is 38.5 Å². The zero-order chi connectivity index (χ0) is 18.7. The van der Waals surface area contributed by atoms with Crippen LogP contribution in [0.4, 0.5) is 13.2 Å². The normalized spacial score (nSPS) is 17.4. The lowest BCUT2D eigenvalue weighted by molar-refractivity contribution is -0.145. The molecular weight excluding hydrogens is 357 g/mol. The van der Waals surface area contributed by atoms with Crippen molar-refractivity contribution in [3.8, 4) is 0 Å². The molecule has 0 bridgehead atoms. The van der Waals surface area contributed by atoms with E-state index in [9.17, 15) is 26.4 Å². The molecule has 1 aliphatic heterocycles. The summed E-state index contributed by atoms with van der Waals surface area (Å²) in [5.41, 5.74) is 0.333. The SMILES string of the molecule is CCS(=O)(=O)c1ccc(C(=O)N2CCCN(CC(F)(F)F)CC2)cc1. The molecule has 1 amide bonds. The van der Waals surface area contributed by atoms with Crippen molar-refractivity contribution in [1.29, 1.82) is 0 Å². The van der Waals surface area contributed by atoms with Crippen LogP contribution in [0.5, 0.6) is 0 Å². The Labute approximate surface area is 145 Å². The van der Waals surface area contributed by atoms with E-state index in [1.54, 1.807) is 6.92 Å². The van der Waals surface area contributed by atoms with E-state index in [2.05, 4.69) is 0 Å². The summed E-state index contributed by atoms with van der Waals surface area (Å²) in [5.74, 6) is -0.323. The lowest BCUT2D eigenvalue weighted by Crippen LogP contribution is -2.38.